The molecule has 1 rings (SSSR count). The fourth-order valence-corrected chi connectivity index (χ4v) is 1.38. The monoisotopic (exact) mass is 220 g/mol. The summed E-state index contributed by atoms with van der Waals surface area (Å²) in [5.74, 6) is 0.929. The van der Waals surface area contributed by atoms with Gasteiger partial charge in [-0.3, -0.25) is 0 Å². The number of hydrogen-bond donors (Lipinski definition) is 0. The first-order valence-electron chi connectivity index (χ1n) is 5.81. The van der Waals surface area contributed by atoms with Crippen LogP contribution in [0.3, 0.4) is 0 Å². The Bertz CT molecular complexity index is 290. The third kappa shape index (κ3) is 4.87. The minimum Gasteiger partial charge on any atom is -0.497 e. The van der Waals surface area contributed by atoms with E-state index >= 15 is 0 Å². The molecule has 0 aliphatic heterocycles. The van der Waals surface area contributed by atoms with Crippen molar-refractivity contribution in [2.75, 3.05) is 6.61 Å². The van der Waals surface area contributed by atoms with Gasteiger partial charge in [-0.25, -0.2) is 0 Å². The van der Waals surface area contributed by atoms with Crippen LogP contribution < -0.4 is 4.74 Å². The second kappa shape index (κ2) is 7.80. The molecule has 0 atom stereocenters. The van der Waals surface area contributed by atoms with Gasteiger partial charge in [-0.05, 0) is 24.1 Å². The molecule has 0 saturated carbocycles. The zero-order valence-corrected chi connectivity index (χ0v) is 9.95. The quantitative estimate of drug-likeness (QED) is 0.488. The van der Waals surface area contributed by atoms with E-state index in [1.54, 1.807) is 0 Å². The van der Waals surface area contributed by atoms with Crippen LogP contribution in [0.15, 0.2) is 37.1 Å². The zero-order valence-electron chi connectivity index (χ0n) is 9.95. The molecule has 0 aliphatic rings. The lowest BCUT2D eigenvalue weighted by atomic mass is 10.2. The molecule has 0 unspecified atom stereocenters. The zero-order chi connectivity index (χ0) is 11.6. The summed E-state index contributed by atoms with van der Waals surface area (Å²) in [7, 11) is 0. The van der Waals surface area contributed by atoms with E-state index in [2.05, 4.69) is 13.5 Å². The molecule has 0 N–H and O–H groups in total. The van der Waals surface area contributed by atoms with Gasteiger partial charge in [0.05, 0.1) is 12.9 Å². The third-order valence-electron chi connectivity index (χ3n) is 2.31. The number of hydrogen-bond acceptors (Lipinski definition) is 2. The Labute approximate surface area is 97.9 Å². The first-order valence-corrected chi connectivity index (χ1v) is 5.81. The van der Waals surface area contributed by atoms with Crippen LogP contribution in [-0.4, -0.2) is 6.61 Å². The van der Waals surface area contributed by atoms with Crippen LogP contribution in [0.2, 0.25) is 0 Å². The lowest BCUT2D eigenvalue weighted by Crippen LogP contribution is -1.97. The van der Waals surface area contributed by atoms with Gasteiger partial charge in [-0.1, -0.05) is 38.5 Å². The Balaban J connectivity index is 2.30. The minimum atomic E-state index is 0.569. The number of benzene rings is 1. The van der Waals surface area contributed by atoms with Crippen molar-refractivity contribution in [2.24, 2.45) is 0 Å². The van der Waals surface area contributed by atoms with Gasteiger partial charge in [0.15, 0.2) is 0 Å². The molecule has 1 aromatic carbocycles. The number of unbranched alkanes of at least 4 members (excludes halogenated alkanes) is 2. The average Bonchev–Trinajstić information content (AvgIpc) is 2.33. The maximum absolute atomic E-state index is 5.61. The van der Waals surface area contributed by atoms with Crippen molar-refractivity contribution in [2.45, 2.75) is 32.8 Å². The summed E-state index contributed by atoms with van der Waals surface area (Å²) >= 11 is 0. The van der Waals surface area contributed by atoms with E-state index in [-0.39, 0.29) is 0 Å². The molecule has 0 spiro atoms. The van der Waals surface area contributed by atoms with Crippen LogP contribution in [0.5, 0.6) is 5.75 Å². The molecule has 0 fully saturated rings. The van der Waals surface area contributed by atoms with Crippen LogP contribution in [0, 0.1) is 0 Å². The van der Waals surface area contributed by atoms with Crippen molar-refractivity contribution in [1.82, 2.24) is 0 Å². The third-order valence-corrected chi connectivity index (χ3v) is 2.31. The van der Waals surface area contributed by atoms with Crippen molar-refractivity contribution in [3.8, 4) is 5.75 Å². The minimum absolute atomic E-state index is 0.569. The van der Waals surface area contributed by atoms with Gasteiger partial charge in [0.2, 0.25) is 0 Å². The number of ether oxygens (including phenoxy) is 2. The Morgan fingerprint density at radius 3 is 2.56 bits per heavy atom. The second-order valence-electron chi connectivity index (χ2n) is 3.68. The molecule has 2 nitrogen and oxygen atoms in total. The highest BCUT2D eigenvalue weighted by Crippen LogP contribution is 2.13. The van der Waals surface area contributed by atoms with Gasteiger partial charge in [-0.2, -0.15) is 0 Å². The average molecular weight is 220 g/mol. The van der Waals surface area contributed by atoms with E-state index in [1.807, 2.05) is 24.3 Å². The summed E-state index contributed by atoms with van der Waals surface area (Å²) in [5.41, 5.74) is 1.13. The van der Waals surface area contributed by atoms with Gasteiger partial charge in [0.1, 0.15) is 12.4 Å². The van der Waals surface area contributed by atoms with Gasteiger partial charge in [-0.15, -0.1) is 0 Å². The van der Waals surface area contributed by atoms with E-state index < -0.39 is 0 Å². The van der Waals surface area contributed by atoms with Crippen LogP contribution in [-0.2, 0) is 11.3 Å². The summed E-state index contributed by atoms with van der Waals surface area (Å²) in [6, 6.07) is 7.98. The molecule has 16 heavy (non-hydrogen) atoms. The molecule has 0 amide bonds. The fraction of sp³-hybridized carbons (Fsp3) is 0.429. The molecular weight excluding hydrogens is 200 g/mol. The van der Waals surface area contributed by atoms with Gasteiger partial charge < -0.3 is 9.47 Å². The summed E-state index contributed by atoms with van der Waals surface area (Å²) in [5, 5.41) is 0. The summed E-state index contributed by atoms with van der Waals surface area (Å²) in [6.45, 7) is 7.06. The molecule has 88 valence electrons. The standard InChI is InChI=1S/C14H20O2/c1-3-5-6-11-16-14-9-7-13(8-10-14)12-15-4-2/h4,7-10H,2-3,5-6,11-12H2,1H3. The van der Waals surface area contributed by atoms with Gasteiger partial charge in [0, 0.05) is 0 Å². The van der Waals surface area contributed by atoms with Gasteiger partial charge in [0.25, 0.3) is 0 Å². The van der Waals surface area contributed by atoms with E-state index in [1.165, 1.54) is 19.1 Å². The van der Waals surface area contributed by atoms with Crippen molar-refractivity contribution in [1.29, 1.82) is 0 Å². The van der Waals surface area contributed by atoms with E-state index in [4.69, 9.17) is 9.47 Å². The van der Waals surface area contributed by atoms with E-state index in [9.17, 15) is 0 Å². The number of rotatable bonds is 8. The Hall–Kier alpha value is -1.44. The molecule has 0 saturated heterocycles. The van der Waals surface area contributed by atoms with Crippen molar-refractivity contribution in [3.05, 3.63) is 42.7 Å². The molecule has 0 radical (unpaired) electrons. The normalized spacial score (nSPS) is 9.81. The smallest absolute Gasteiger partial charge is 0.119 e. The predicted molar refractivity (Wildman–Crippen MR) is 66.4 cm³/mol. The first-order chi connectivity index (χ1) is 7.86. The lowest BCUT2D eigenvalue weighted by molar-refractivity contribution is 0.237. The molecule has 2 heteroatoms. The molecular formula is C14H20O2. The predicted octanol–water partition coefficient (Wildman–Crippen LogP) is 3.92. The summed E-state index contributed by atoms with van der Waals surface area (Å²) in [4.78, 5) is 0. The van der Waals surface area contributed by atoms with E-state index in [0.717, 1.165) is 24.3 Å². The van der Waals surface area contributed by atoms with Crippen molar-refractivity contribution < 1.29 is 9.47 Å². The Morgan fingerprint density at radius 1 is 1.19 bits per heavy atom. The maximum Gasteiger partial charge on any atom is 0.119 e. The molecule has 1 aromatic rings. The molecule has 0 aromatic heterocycles. The SMILES string of the molecule is C=COCc1ccc(OCCCCC)cc1. The Kier molecular flexibility index (Phi) is 6.16. The van der Waals surface area contributed by atoms with Crippen LogP contribution in [0.1, 0.15) is 31.7 Å². The Morgan fingerprint density at radius 2 is 1.94 bits per heavy atom. The maximum atomic E-state index is 5.61. The van der Waals surface area contributed by atoms with Crippen LogP contribution in [0.25, 0.3) is 0 Å². The van der Waals surface area contributed by atoms with E-state index in [0.29, 0.717) is 6.61 Å². The van der Waals surface area contributed by atoms with Crippen molar-refractivity contribution >= 4 is 0 Å². The summed E-state index contributed by atoms with van der Waals surface area (Å²) in [6.07, 6.45) is 5.03. The lowest BCUT2D eigenvalue weighted by Gasteiger charge is -2.06. The first kappa shape index (κ1) is 12.6. The largest absolute Gasteiger partial charge is 0.497 e. The van der Waals surface area contributed by atoms with Crippen molar-refractivity contribution in [3.63, 3.8) is 0 Å². The fourth-order valence-electron chi connectivity index (χ4n) is 1.38. The highest BCUT2D eigenvalue weighted by Gasteiger charge is 1.95. The molecule has 0 aliphatic carbocycles. The van der Waals surface area contributed by atoms with Crippen LogP contribution in [0.4, 0.5) is 0 Å². The highest BCUT2D eigenvalue weighted by molar-refractivity contribution is 5.26. The molecule has 0 bridgehead atoms. The summed E-state index contributed by atoms with van der Waals surface area (Å²) < 4.78 is 10.7. The topological polar surface area (TPSA) is 18.5 Å². The second-order valence-corrected chi connectivity index (χ2v) is 3.68. The highest BCUT2D eigenvalue weighted by atomic mass is 16.5. The molecule has 0 heterocycles. The van der Waals surface area contributed by atoms with Crippen LogP contribution >= 0.6 is 0 Å². The van der Waals surface area contributed by atoms with Gasteiger partial charge >= 0.3 is 0 Å².